The predicted octanol–water partition coefficient (Wildman–Crippen LogP) is 17.5. The number of allylic oxidation sites excluding steroid dienone is 6. The van der Waals surface area contributed by atoms with Gasteiger partial charge in [-0.1, -0.05) is 63.1 Å². The Labute approximate surface area is 779 Å². The summed E-state index contributed by atoms with van der Waals surface area (Å²) in [5, 5.41) is 29.4. The number of aromatic nitrogens is 1. The molecule has 3 N–H and O–H groups in total. The fraction of sp³-hybridized carbons (Fsp3) is 0.366. The second kappa shape index (κ2) is 47.5. The number of pyridine rings is 1. The summed E-state index contributed by atoms with van der Waals surface area (Å²) in [5.74, 6) is -2.28. The van der Waals surface area contributed by atoms with Crippen LogP contribution in [0.2, 0.25) is 0 Å². The summed E-state index contributed by atoms with van der Waals surface area (Å²) in [6, 6.07) is 51.4. The number of carbonyl (C=O) groups excluding carboxylic acids is 3. The predicted molar refractivity (Wildman–Crippen MR) is 427 cm³/mol. The van der Waals surface area contributed by atoms with Crippen LogP contribution in [0.4, 0.5) is 62.3 Å². The fourth-order valence-corrected chi connectivity index (χ4v) is 9.25. The molecule has 611 valence electrons. The average Bonchev–Trinajstić information content (AvgIpc) is 1.46. The van der Waals surface area contributed by atoms with E-state index in [-0.39, 0.29) is 197 Å². The third kappa shape index (κ3) is 46.6. The van der Waals surface area contributed by atoms with Gasteiger partial charge in [-0.2, -0.15) is 39.5 Å². The molecule has 0 saturated heterocycles. The maximum atomic E-state index is 11.9. The molecular formula is C82H114Eu3F9N9O7S+8. The molecule has 0 bridgehead atoms. The molecule has 0 atom stereocenters. The molecule has 8 rings (SSSR count). The summed E-state index contributed by atoms with van der Waals surface area (Å²) >= 11 is 1.01. The molecule has 29 heteroatoms. The van der Waals surface area contributed by atoms with Crippen LogP contribution in [-0.2, 0) is 0 Å². The maximum Gasteiger partial charge on any atom is 0.448 e. The van der Waals surface area contributed by atoms with Crippen LogP contribution in [0.1, 0.15) is 56.6 Å². The Bertz CT molecular complexity index is 4170. The summed E-state index contributed by atoms with van der Waals surface area (Å²) in [4.78, 5) is 38.2. The van der Waals surface area contributed by atoms with Crippen molar-refractivity contribution in [3.05, 3.63) is 220 Å². The molecular weight excluding hydrogens is 1880 g/mol. The summed E-state index contributed by atoms with van der Waals surface area (Å²) in [6.07, 6.45) is -13.1. The molecule has 111 heavy (non-hydrogen) atoms. The van der Waals surface area contributed by atoms with Gasteiger partial charge in [0.2, 0.25) is 41.8 Å². The van der Waals surface area contributed by atoms with Crippen molar-refractivity contribution in [2.75, 3.05) is 176 Å². The number of furan rings is 1. The van der Waals surface area contributed by atoms with Gasteiger partial charge in [0.1, 0.15) is 22.7 Å². The second-order valence-corrected chi connectivity index (χ2v) is 32.5. The third-order valence-electron chi connectivity index (χ3n) is 13.6. The van der Waals surface area contributed by atoms with E-state index in [0.29, 0.717) is 8.97 Å². The Morgan fingerprint density at radius 2 is 0.748 bits per heavy atom. The monoisotopic (exact) mass is 2000 g/mol. The number of hydrogen-bond acceptors (Lipinski definition) is 9. The number of rotatable bonds is 12. The number of ketones is 3. The zero-order chi connectivity index (χ0) is 81.6. The van der Waals surface area contributed by atoms with E-state index in [1.165, 1.54) is 88.7 Å². The molecule has 0 fully saturated rings. The third-order valence-corrected chi connectivity index (χ3v) is 14.5. The molecule has 16 nitrogen and oxygen atoms in total. The van der Waals surface area contributed by atoms with Gasteiger partial charge < -0.3 is 19.7 Å². The quantitative estimate of drug-likeness (QED) is 0.0161. The molecule has 0 unspecified atom stereocenters. The van der Waals surface area contributed by atoms with Gasteiger partial charge in [-0.15, -0.1) is 11.3 Å². The summed E-state index contributed by atoms with van der Waals surface area (Å²) in [5.41, 5.74) is 9.40. The molecule has 0 saturated carbocycles. The number of alkyl halides is 9. The van der Waals surface area contributed by atoms with Gasteiger partial charge in [-0.25, -0.2) is 14.0 Å². The van der Waals surface area contributed by atoms with Crippen LogP contribution in [0.3, 0.4) is 0 Å². The molecule has 0 aliphatic rings. The number of halogens is 9. The van der Waals surface area contributed by atoms with Gasteiger partial charge in [0.25, 0.3) is 0 Å². The normalized spacial score (nSPS) is 12.1. The topological polar surface area (TPSA) is 138 Å². The Morgan fingerprint density at radius 1 is 0.414 bits per heavy atom. The number of aliphatic hydroxyl groups excluding tert-OH is 3. The Hall–Kier alpha value is -4.70. The van der Waals surface area contributed by atoms with Crippen LogP contribution in [0, 0.1) is 172 Å². The van der Waals surface area contributed by atoms with E-state index in [1.807, 2.05) is 0 Å². The molecule has 0 spiro atoms. The van der Waals surface area contributed by atoms with Gasteiger partial charge in [-0.05, 0) is 78.2 Å². The van der Waals surface area contributed by atoms with Crippen molar-refractivity contribution in [1.82, 2.24) is 22.9 Å². The first-order chi connectivity index (χ1) is 47.9. The van der Waals surface area contributed by atoms with Gasteiger partial charge in [0.15, 0.2) is 17.3 Å². The van der Waals surface area contributed by atoms with Gasteiger partial charge in [-0.3, -0.25) is 41.3 Å². The number of fused-ring (bicyclic) bond motifs is 2. The van der Waals surface area contributed by atoms with Crippen LogP contribution < -0.4 is 17.9 Å². The first-order valence-corrected chi connectivity index (χ1v) is 33.6. The van der Waals surface area contributed by atoms with Crippen molar-refractivity contribution in [3.63, 3.8) is 0 Å². The zero-order valence-corrected chi connectivity index (χ0v) is 74.5. The van der Waals surface area contributed by atoms with Crippen LogP contribution >= 0.6 is 11.3 Å². The number of carbonyl (C=O) groups is 3. The van der Waals surface area contributed by atoms with Crippen molar-refractivity contribution >= 4 is 73.2 Å². The first-order valence-electron chi connectivity index (χ1n) is 32.8. The molecule has 0 aliphatic carbocycles. The molecule has 5 aromatic carbocycles. The Kier molecular flexibility index (Phi) is 48.2. The molecule has 3 radical (unpaired) electrons. The fourth-order valence-electron chi connectivity index (χ4n) is 8.62. The maximum absolute atomic E-state index is 11.9. The smallest absolute Gasteiger partial charge is 0.448 e. The van der Waals surface area contributed by atoms with Gasteiger partial charge >= 0.3 is 18.5 Å². The van der Waals surface area contributed by atoms with Crippen molar-refractivity contribution in [1.29, 1.82) is 0 Å². The van der Waals surface area contributed by atoms with E-state index in [9.17, 15) is 53.9 Å². The number of aliphatic hydroxyl groups is 3. The SMILES string of the molecule is C.C.C[N+](C)(C)C#C[N+](C)(C)C.C[N+](C)(C)C[N+](C)(C)C.C[N+](C)(C)c1ccc(C#Cc2ccc([N+](C)(C)C)cc2)cc1.C[N+](C)(C)c1ccc2cc3ccc([N+](C)(C)C)cc3nc2c1.O=C(C=C(O)C(F)(F)F)c1ccccc1.O=C(C=C(O)C(F)(F)F)c1ccco1.O=C(C=C(O)C(F)(F)F)c1cccs1.[Eu].[Eu].[Eu]. The minimum atomic E-state index is -4.91. The zero-order valence-electron chi connectivity index (χ0n) is 66.4. The molecule has 0 amide bonds. The first kappa shape index (κ1) is 113. The number of thiophene rings is 1. The van der Waals surface area contributed by atoms with Crippen LogP contribution in [0.5, 0.6) is 0 Å². The van der Waals surface area contributed by atoms with E-state index < -0.39 is 53.2 Å². The minimum absolute atomic E-state index is 0. The Balaban J connectivity index is -0.000000610. The van der Waals surface area contributed by atoms with Crippen molar-refractivity contribution < 1.29 is 240 Å². The standard InChI is InChI=1S/C20H26N2.C19H25N3.C10H7F3O2.C8H5F3O3.C8H5F3O2S.C8H18N2.C7H20N2.2CH4.3Eu/c1-21(2,3)19-13-9-17(10-14-19)7-8-18-11-15-20(16-12-18)22(4,5)6;1-21(2,3)16-9-7-14-11-15-8-10-17(22(4,5)6)13-19(15)20-18(14)12-16;11-10(12,13)9(15)6-8(14)7-4-2-1-3-5-7;2*9-8(10,11)7(13)4-5(12)6-2-1-3-14-6;1-9(2,3)7-8-10(4,5)6;1-8(2,3)7-9(4,5)6;;;;;/h9-16H,1-6H3;7-13H,1-6H3;1-6,15H;2*1-4,13H;1-6H3;7H2,1-6H3;2*1H4;;;/q2*+2;;;;2*+2;;;;;. The van der Waals surface area contributed by atoms with E-state index in [2.05, 4.69) is 288 Å². The van der Waals surface area contributed by atoms with E-state index >= 15 is 0 Å². The summed E-state index contributed by atoms with van der Waals surface area (Å²) in [6.45, 7) is 1.17. The van der Waals surface area contributed by atoms with Crippen LogP contribution in [0.15, 0.2) is 197 Å². The van der Waals surface area contributed by atoms with Crippen molar-refractivity contribution in [2.45, 2.75) is 33.4 Å². The molecule has 8 aromatic rings. The largest absolute Gasteiger partial charge is 0.504 e. The second-order valence-electron chi connectivity index (χ2n) is 31.6. The number of hydrogen-bond donors (Lipinski definition) is 3. The number of benzene rings is 5. The number of nitrogens with zero attached hydrogens (tertiary/aromatic N) is 9. The minimum Gasteiger partial charge on any atom is -0.504 e. The van der Waals surface area contributed by atoms with E-state index in [1.54, 1.807) is 11.4 Å². The van der Waals surface area contributed by atoms with Crippen LogP contribution in [-0.4, -0.2) is 250 Å². The summed E-state index contributed by atoms with van der Waals surface area (Å²) in [7, 11) is 51.7. The molecule has 0 aliphatic heterocycles. The Morgan fingerprint density at radius 3 is 1.03 bits per heavy atom. The van der Waals surface area contributed by atoms with Crippen molar-refractivity contribution in [3.8, 4) is 23.9 Å². The molecule has 3 aromatic heterocycles. The van der Waals surface area contributed by atoms with E-state index in [4.69, 9.17) is 20.3 Å². The number of quaternary nitrogens is 8. The van der Waals surface area contributed by atoms with Crippen LogP contribution in [0.25, 0.3) is 21.8 Å². The van der Waals surface area contributed by atoms with Crippen molar-refractivity contribution in [2.24, 2.45) is 0 Å². The van der Waals surface area contributed by atoms with Gasteiger partial charge in [0, 0.05) is 230 Å². The molecule has 3 heterocycles. The summed E-state index contributed by atoms with van der Waals surface area (Å²) < 4.78 is 117. The van der Waals surface area contributed by atoms with E-state index in [0.717, 1.165) is 66.7 Å². The van der Waals surface area contributed by atoms with Gasteiger partial charge in [0.05, 0.1) is 191 Å². The average molecular weight is 2000 g/mol.